The van der Waals surface area contributed by atoms with Gasteiger partial charge in [-0.3, -0.25) is 0 Å². The minimum absolute atomic E-state index is 0.108. The average molecular weight is 484 g/mol. The highest BCUT2D eigenvalue weighted by molar-refractivity contribution is 5.87. The quantitative estimate of drug-likeness (QED) is 0.328. The number of hydrogen-bond donors (Lipinski definition) is 2. The molecule has 2 aromatic carbocycles. The second kappa shape index (κ2) is 12.4. The van der Waals surface area contributed by atoms with Gasteiger partial charge in [0, 0.05) is 23.7 Å². The Hall–Kier alpha value is -2.54. The topological polar surface area (TPSA) is 67.8 Å². The van der Waals surface area contributed by atoms with Gasteiger partial charge in [0.15, 0.2) is 0 Å². The van der Waals surface area contributed by atoms with Gasteiger partial charge in [0.25, 0.3) is 0 Å². The molecule has 0 unspecified atom stereocenters. The van der Waals surface area contributed by atoms with Crippen LogP contribution < -0.4 is 5.32 Å². The summed E-state index contributed by atoms with van der Waals surface area (Å²) < 4.78 is 25.2. The van der Waals surface area contributed by atoms with Crippen LogP contribution in [-0.4, -0.2) is 42.5 Å². The van der Waals surface area contributed by atoms with Gasteiger partial charge < -0.3 is 19.9 Å². The molecule has 0 heterocycles. The molecular formula is C29H38FNO4. The largest absolute Gasteiger partial charge is 0.463 e. The summed E-state index contributed by atoms with van der Waals surface area (Å²) in [6.07, 6.45) is 4.67. The normalized spacial score (nSPS) is 15.8. The van der Waals surface area contributed by atoms with E-state index in [1.54, 1.807) is 26.0 Å². The molecule has 0 aromatic heterocycles. The molecule has 0 fully saturated rings. The molecule has 0 aliphatic heterocycles. The third-order valence-electron chi connectivity index (χ3n) is 6.49. The van der Waals surface area contributed by atoms with Crippen LogP contribution in [0, 0.1) is 11.7 Å². The van der Waals surface area contributed by atoms with Gasteiger partial charge in [-0.25, -0.2) is 9.18 Å². The predicted octanol–water partition coefficient (Wildman–Crippen LogP) is 5.01. The number of hydrogen-bond acceptors (Lipinski definition) is 5. The lowest BCUT2D eigenvalue weighted by Crippen LogP contribution is -2.45. The van der Waals surface area contributed by atoms with Gasteiger partial charge in [0.05, 0.1) is 25.4 Å². The van der Waals surface area contributed by atoms with Crippen LogP contribution in [0.1, 0.15) is 62.5 Å². The van der Waals surface area contributed by atoms with E-state index in [9.17, 15) is 14.3 Å². The highest BCUT2D eigenvalue weighted by atomic mass is 19.1. The average Bonchev–Trinajstić information content (AvgIpc) is 3.22. The molecule has 6 heteroatoms. The first-order chi connectivity index (χ1) is 16.7. The number of rotatable bonds is 12. The van der Waals surface area contributed by atoms with E-state index in [0.717, 1.165) is 19.3 Å². The van der Waals surface area contributed by atoms with E-state index in [-0.39, 0.29) is 24.3 Å². The summed E-state index contributed by atoms with van der Waals surface area (Å²) in [5.41, 5.74) is 3.66. The Balaban J connectivity index is 1.48. The highest BCUT2D eigenvalue weighted by Crippen LogP contribution is 2.32. The fourth-order valence-electron chi connectivity index (χ4n) is 4.81. The molecule has 0 saturated heterocycles. The Labute approximate surface area is 208 Å². The highest BCUT2D eigenvalue weighted by Gasteiger charge is 2.28. The molecular weight excluding hydrogens is 445 g/mol. The number of carbonyl (C=O) groups is 1. The number of aliphatic hydroxyl groups is 1. The molecule has 0 radical (unpaired) electrons. The first-order valence-corrected chi connectivity index (χ1v) is 12.4. The summed E-state index contributed by atoms with van der Waals surface area (Å²) in [7, 11) is 0. The SMILES string of the molecule is CCOC(=O)C=Cc1c(F)cccc1[C@@H](C)OC[C@H](O)CNC(C)(C)CC1Cc2ccccc2C1. The van der Waals surface area contributed by atoms with E-state index in [2.05, 4.69) is 43.4 Å². The first-order valence-electron chi connectivity index (χ1n) is 12.4. The number of ether oxygens (including phenoxy) is 2. The van der Waals surface area contributed by atoms with Crippen LogP contribution >= 0.6 is 0 Å². The summed E-state index contributed by atoms with van der Waals surface area (Å²) in [5, 5.41) is 14.0. The Morgan fingerprint density at radius 1 is 1.20 bits per heavy atom. The fourth-order valence-corrected chi connectivity index (χ4v) is 4.81. The smallest absolute Gasteiger partial charge is 0.330 e. The Kier molecular flexibility index (Phi) is 9.61. The van der Waals surface area contributed by atoms with Crippen LogP contribution in [0.5, 0.6) is 0 Å². The van der Waals surface area contributed by atoms with Gasteiger partial charge >= 0.3 is 5.97 Å². The lowest BCUT2D eigenvalue weighted by Gasteiger charge is -2.31. The summed E-state index contributed by atoms with van der Waals surface area (Å²) in [6, 6.07) is 13.3. The Morgan fingerprint density at radius 3 is 2.54 bits per heavy atom. The maximum Gasteiger partial charge on any atom is 0.330 e. The van der Waals surface area contributed by atoms with Crippen molar-refractivity contribution in [3.63, 3.8) is 0 Å². The number of benzene rings is 2. The van der Waals surface area contributed by atoms with Crippen LogP contribution in [0.2, 0.25) is 0 Å². The van der Waals surface area contributed by atoms with Gasteiger partial charge in [0.1, 0.15) is 5.82 Å². The molecule has 5 nitrogen and oxygen atoms in total. The van der Waals surface area contributed by atoms with Crippen molar-refractivity contribution in [2.75, 3.05) is 19.8 Å². The van der Waals surface area contributed by atoms with Crippen molar-refractivity contribution in [1.82, 2.24) is 5.32 Å². The summed E-state index contributed by atoms with van der Waals surface area (Å²) in [4.78, 5) is 11.6. The number of halogens is 1. The van der Waals surface area contributed by atoms with Crippen molar-refractivity contribution in [2.24, 2.45) is 5.92 Å². The number of esters is 1. The maximum atomic E-state index is 14.4. The van der Waals surface area contributed by atoms with E-state index in [1.807, 2.05) is 0 Å². The van der Waals surface area contributed by atoms with Crippen LogP contribution in [0.15, 0.2) is 48.5 Å². The first kappa shape index (κ1) is 27.1. The second-order valence-corrected chi connectivity index (χ2v) is 9.97. The summed E-state index contributed by atoms with van der Waals surface area (Å²) in [6.45, 7) is 8.62. The van der Waals surface area contributed by atoms with E-state index in [1.165, 1.54) is 29.3 Å². The zero-order chi connectivity index (χ0) is 25.4. The second-order valence-electron chi connectivity index (χ2n) is 9.97. The monoisotopic (exact) mass is 483 g/mol. The molecule has 0 amide bonds. The molecule has 3 rings (SSSR count). The maximum absolute atomic E-state index is 14.4. The van der Waals surface area contributed by atoms with Crippen molar-refractivity contribution in [3.8, 4) is 0 Å². The van der Waals surface area contributed by atoms with Gasteiger partial charge in [-0.05, 0) is 81.7 Å². The predicted molar refractivity (Wildman–Crippen MR) is 136 cm³/mol. The molecule has 2 aromatic rings. The fraction of sp³-hybridized carbons (Fsp3) is 0.483. The Morgan fingerprint density at radius 2 is 1.89 bits per heavy atom. The number of nitrogens with one attached hydrogen (secondary N) is 1. The van der Waals surface area contributed by atoms with E-state index in [4.69, 9.17) is 9.47 Å². The van der Waals surface area contributed by atoms with Crippen molar-refractivity contribution in [2.45, 2.75) is 64.7 Å². The molecule has 0 bridgehead atoms. The van der Waals surface area contributed by atoms with Crippen LogP contribution in [0.4, 0.5) is 4.39 Å². The summed E-state index contributed by atoms with van der Waals surface area (Å²) >= 11 is 0. The number of carbonyl (C=O) groups excluding carboxylic acids is 1. The summed E-state index contributed by atoms with van der Waals surface area (Å²) in [5.74, 6) is -0.380. The third kappa shape index (κ3) is 7.99. The zero-order valence-corrected chi connectivity index (χ0v) is 21.2. The minimum Gasteiger partial charge on any atom is -0.463 e. The molecule has 1 aliphatic carbocycles. The van der Waals surface area contributed by atoms with Gasteiger partial charge in [0.2, 0.25) is 0 Å². The van der Waals surface area contributed by atoms with Crippen molar-refractivity contribution in [3.05, 3.63) is 76.6 Å². The van der Waals surface area contributed by atoms with Crippen molar-refractivity contribution >= 4 is 12.0 Å². The van der Waals surface area contributed by atoms with E-state index in [0.29, 0.717) is 18.0 Å². The molecule has 190 valence electrons. The lowest BCUT2D eigenvalue weighted by atomic mass is 9.88. The Bertz CT molecular complexity index is 994. The molecule has 2 atom stereocenters. The lowest BCUT2D eigenvalue weighted by molar-refractivity contribution is -0.137. The van der Waals surface area contributed by atoms with E-state index < -0.39 is 24.0 Å². The van der Waals surface area contributed by atoms with Gasteiger partial charge in [-0.1, -0.05) is 36.4 Å². The molecule has 2 N–H and O–H groups in total. The van der Waals surface area contributed by atoms with Crippen molar-refractivity contribution in [1.29, 1.82) is 0 Å². The number of β-amino-alcohol motifs (C(OH)–C–C–N with tert-alkyl or cyclic N) is 1. The van der Waals surface area contributed by atoms with Gasteiger partial charge in [-0.15, -0.1) is 0 Å². The molecule has 1 aliphatic rings. The number of fused-ring (bicyclic) bond motifs is 1. The third-order valence-corrected chi connectivity index (χ3v) is 6.49. The molecule has 0 saturated carbocycles. The molecule has 35 heavy (non-hydrogen) atoms. The number of aliphatic hydroxyl groups excluding tert-OH is 1. The zero-order valence-electron chi connectivity index (χ0n) is 21.2. The van der Waals surface area contributed by atoms with Crippen LogP contribution in [0.3, 0.4) is 0 Å². The van der Waals surface area contributed by atoms with Crippen LogP contribution in [-0.2, 0) is 27.1 Å². The molecule has 0 spiro atoms. The van der Waals surface area contributed by atoms with E-state index >= 15 is 0 Å². The minimum atomic E-state index is -0.704. The van der Waals surface area contributed by atoms with Gasteiger partial charge in [-0.2, -0.15) is 0 Å². The van der Waals surface area contributed by atoms with Crippen molar-refractivity contribution < 1.29 is 23.8 Å². The standard InChI is InChI=1S/C29H38FNO4/c1-5-34-28(33)14-13-26-25(11-8-12-27(26)30)20(2)35-19-24(32)18-31-29(3,4)17-21-15-22-9-6-7-10-23(22)16-21/h6-14,20-21,24,31-32H,5,15-19H2,1-4H3/t20-,24-/m1/s1. The van der Waals surface area contributed by atoms with Crippen LogP contribution in [0.25, 0.3) is 6.08 Å².